The number of hydrogen-bond acceptors (Lipinski definition) is 3. The van der Waals surface area contributed by atoms with E-state index in [1.54, 1.807) is 0 Å². The second kappa shape index (κ2) is 4.55. The smallest absolute Gasteiger partial charge is 0.276 e. The highest BCUT2D eigenvalue weighted by Gasteiger charge is 2.47. The van der Waals surface area contributed by atoms with Crippen LogP contribution in [0.1, 0.15) is 10.4 Å². The first-order valence-corrected chi connectivity index (χ1v) is 6.42. The van der Waals surface area contributed by atoms with Crippen molar-refractivity contribution in [2.75, 3.05) is 0 Å². The molecule has 0 aliphatic rings. The fraction of sp³-hybridized carbons (Fsp3) is 0.125. The van der Waals surface area contributed by atoms with Crippen LogP contribution >= 0.6 is 20.8 Å². The zero-order valence-corrected chi connectivity index (χ0v) is 10.7. The summed E-state index contributed by atoms with van der Waals surface area (Å²) in [7, 11) is -3.60. The van der Waals surface area contributed by atoms with Gasteiger partial charge in [0, 0.05) is 5.56 Å². The van der Waals surface area contributed by atoms with Gasteiger partial charge in [-0.25, -0.2) is 8.42 Å². The summed E-state index contributed by atoms with van der Waals surface area (Å²) in [5.74, 6) is 0. The third kappa shape index (κ3) is 2.78. The Morgan fingerprint density at radius 3 is 2.18 bits per heavy atom. The van der Waals surface area contributed by atoms with Gasteiger partial charge in [0.2, 0.25) is 0 Å². The maximum absolute atomic E-state index is 12.3. The van der Waals surface area contributed by atoms with Gasteiger partial charge in [0.15, 0.2) is 0 Å². The average molecular weight is 305 g/mol. The Kier molecular flexibility index (Phi) is 3.86. The van der Waals surface area contributed by atoms with Gasteiger partial charge < -0.3 is 0 Å². The van der Waals surface area contributed by atoms with Crippen molar-refractivity contribution in [3.63, 3.8) is 0 Å². The van der Waals surface area contributed by atoms with E-state index in [9.17, 15) is 26.4 Å². The van der Waals surface area contributed by atoms with Crippen molar-refractivity contribution in [3.05, 3.63) is 23.8 Å². The zero-order valence-electron chi connectivity index (χ0n) is 7.95. The van der Waals surface area contributed by atoms with Crippen LogP contribution in [0.3, 0.4) is 0 Å². The molecule has 0 saturated carbocycles. The van der Waals surface area contributed by atoms with Crippen LogP contribution in [-0.2, 0) is 9.84 Å². The molecule has 17 heavy (non-hydrogen) atoms. The highest BCUT2D eigenvalue weighted by molar-refractivity contribution is 7.92. The zero-order chi connectivity index (χ0) is 13.4. The molecule has 0 aliphatic carbocycles. The molecule has 1 unspecified atom stereocenters. The molecule has 0 bridgehead atoms. The minimum absolute atomic E-state index is 0.0854. The Morgan fingerprint density at radius 2 is 1.82 bits per heavy atom. The van der Waals surface area contributed by atoms with E-state index >= 15 is 0 Å². The van der Waals surface area contributed by atoms with Crippen LogP contribution < -0.4 is 5.30 Å². The first kappa shape index (κ1) is 14.4. The molecular formula is C8H5ClF3O3PS. The highest BCUT2D eigenvalue weighted by atomic mass is 35.5. The van der Waals surface area contributed by atoms with Gasteiger partial charge in [-0.1, -0.05) is 0 Å². The maximum Gasteiger partial charge on any atom is 0.501 e. The monoisotopic (exact) mass is 304 g/mol. The molecule has 0 N–H and O–H groups in total. The predicted molar refractivity (Wildman–Crippen MR) is 59.2 cm³/mol. The normalized spacial score (nSPS) is 12.5. The van der Waals surface area contributed by atoms with Crippen molar-refractivity contribution in [1.29, 1.82) is 0 Å². The van der Waals surface area contributed by atoms with Crippen LogP contribution in [-0.4, -0.2) is 19.2 Å². The topological polar surface area (TPSA) is 51.2 Å². The van der Waals surface area contributed by atoms with Gasteiger partial charge in [-0.3, -0.25) is 4.79 Å². The molecule has 0 spiro atoms. The second-order valence-corrected chi connectivity index (χ2v) is 5.85. The Hall–Kier alpha value is -0.650. The maximum atomic E-state index is 12.3. The van der Waals surface area contributed by atoms with Crippen molar-refractivity contribution < 1.29 is 26.4 Å². The summed E-state index contributed by atoms with van der Waals surface area (Å²) in [5, 5.41) is -1.15. The third-order valence-electron chi connectivity index (χ3n) is 1.83. The molecule has 94 valence electrons. The van der Waals surface area contributed by atoms with Gasteiger partial charge in [-0.05, 0) is 35.1 Å². The average Bonchev–Trinajstić information content (AvgIpc) is 2.15. The van der Waals surface area contributed by atoms with E-state index in [-0.39, 0.29) is 10.9 Å². The first-order valence-electron chi connectivity index (χ1n) is 3.98. The fourth-order valence-electron chi connectivity index (χ4n) is 1.04. The van der Waals surface area contributed by atoms with E-state index in [2.05, 4.69) is 0 Å². The molecule has 0 heterocycles. The molecule has 0 aliphatic heterocycles. The number of sulfone groups is 1. The summed E-state index contributed by atoms with van der Waals surface area (Å²) in [6.07, 6.45) is 0. The minimum Gasteiger partial charge on any atom is -0.276 e. The molecular weight excluding hydrogens is 300 g/mol. The van der Waals surface area contributed by atoms with Gasteiger partial charge in [0.1, 0.15) is 0 Å². The van der Waals surface area contributed by atoms with Crippen molar-refractivity contribution in [2.24, 2.45) is 0 Å². The third-order valence-corrected chi connectivity index (χ3v) is 4.30. The van der Waals surface area contributed by atoms with Gasteiger partial charge in [0.05, 0.1) is 4.90 Å². The lowest BCUT2D eigenvalue weighted by molar-refractivity contribution is -0.0435. The molecule has 0 saturated heterocycles. The minimum atomic E-state index is -5.42. The van der Waals surface area contributed by atoms with E-state index in [4.69, 9.17) is 11.6 Å². The van der Waals surface area contributed by atoms with Gasteiger partial charge in [-0.2, -0.15) is 13.2 Å². The lowest BCUT2D eigenvalue weighted by atomic mass is 10.2. The summed E-state index contributed by atoms with van der Waals surface area (Å²) in [5.41, 5.74) is -5.47. The van der Waals surface area contributed by atoms with Crippen molar-refractivity contribution in [3.8, 4) is 0 Å². The van der Waals surface area contributed by atoms with E-state index in [0.717, 1.165) is 12.1 Å². The van der Waals surface area contributed by atoms with Gasteiger partial charge >= 0.3 is 5.51 Å². The number of halogens is 4. The summed E-state index contributed by atoms with van der Waals surface area (Å²) in [6, 6.07) is 2.57. The largest absolute Gasteiger partial charge is 0.501 e. The summed E-state index contributed by atoms with van der Waals surface area (Å²) in [6.45, 7) is 0. The van der Waals surface area contributed by atoms with Crippen molar-refractivity contribution in [2.45, 2.75) is 10.4 Å². The fourth-order valence-corrected chi connectivity index (χ4v) is 2.76. The van der Waals surface area contributed by atoms with Crippen molar-refractivity contribution >= 4 is 41.2 Å². The summed E-state index contributed by atoms with van der Waals surface area (Å²) >= 11 is 5.11. The highest BCUT2D eigenvalue weighted by Crippen LogP contribution is 2.30. The molecule has 3 nitrogen and oxygen atoms in total. The Labute approximate surface area is 102 Å². The number of alkyl halides is 3. The molecule has 1 rings (SSSR count). The summed E-state index contributed by atoms with van der Waals surface area (Å²) in [4.78, 5) is 9.82. The van der Waals surface area contributed by atoms with Crippen LogP contribution in [0.4, 0.5) is 13.2 Å². The molecule has 9 heteroatoms. The van der Waals surface area contributed by atoms with E-state index < -0.39 is 25.5 Å². The summed E-state index contributed by atoms with van der Waals surface area (Å²) < 4.78 is 59.0. The molecule has 1 atom stereocenters. The Morgan fingerprint density at radius 1 is 1.29 bits per heavy atom. The van der Waals surface area contributed by atoms with Gasteiger partial charge in [0.25, 0.3) is 15.1 Å². The van der Waals surface area contributed by atoms with Crippen molar-refractivity contribution in [1.82, 2.24) is 0 Å². The van der Waals surface area contributed by atoms with Crippen LogP contribution in [0.5, 0.6) is 0 Å². The standard InChI is InChI=1S/C8H5ClF3O3PS/c9-7(13)4-1-2-6(5(16)3-4)17(14,15)8(10,11)12/h1-3H,16H2. The SMILES string of the molecule is O=C(Cl)c1ccc(S(=O)(=O)C(F)(F)F)c(P)c1. The molecule has 0 radical (unpaired) electrons. The molecule has 0 fully saturated rings. The molecule has 1 aromatic rings. The predicted octanol–water partition coefficient (Wildman–Crippen LogP) is 1.86. The number of hydrogen-bond donors (Lipinski definition) is 0. The Bertz CT molecular complexity index is 568. The van der Waals surface area contributed by atoms with Crippen LogP contribution in [0, 0.1) is 0 Å². The number of benzene rings is 1. The Balaban J connectivity index is 3.42. The van der Waals surface area contributed by atoms with E-state index in [1.165, 1.54) is 0 Å². The van der Waals surface area contributed by atoms with Crippen LogP contribution in [0.2, 0.25) is 0 Å². The molecule has 0 aromatic heterocycles. The number of carbonyl (C=O) groups is 1. The molecule has 0 amide bonds. The quantitative estimate of drug-likeness (QED) is 0.619. The second-order valence-electron chi connectivity index (χ2n) is 2.98. The number of carbonyl (C=O) groups excluding carboxylic acids is 1. The van der Waals surface area contributed by atoms with Crippen LogP contribution in [0.15, 0.2) is 23.1 Å². The molecule has 1 aromatic carbocycles. The number of rotatable bonds is 2. The lowest BCUT2D eigenvalue weighted by Gasteiger charge is -2.10. The van der Waals surface area contributed by atoms with E-state index in [0.29, 0.717) is 6.07 Å². The lowest BCUT2D eigenvalue weighted by Crippen LogP contribution is -2.26. The van der Waals surface area contributed by atoms with Crippen LogP contribution in [0.25, 0.3) is 0 Å². The van der Waals surface area contributed by atoms with E-state index in [1.807, 2.05) is 9.24 Å². The first-order chi connectivity index (χ1) is 7.57. The van der Waals surface area contributed by atoms with Gasteiger partial charge in [-0.15, -0.1) is 9.24 Å².